The lowest BCUT2D eigenvalue weighted by Gasteiger charge is -2.30. The largest absolute Gasteiger partial charge is 0.480 e. The van der Waals surface area contributed by atoms with E-state index < -0.39 is 17.7 Å². The van der Waals surface area contributed by atoms with E-state index in [0.717, 1.165) is 73.9 Å². The Morgan fingerprint density at radius 1 is 1.11 bits per heavy atom. The quantitative estimate of drug-likeness (QED) is 0.475. The van der Waals surface area contributed by atoms with E-state index in [1.807, 2.05) is 6.07 Å². The molecule has 6 N–H and O–H groups in total. The number of nitrogens with one attached hydrogen (secondary N) is 1. The number of carbonyl (C=O) groups is 3. The van der Waals surface area contributed by atoms with Crippen molar-refractivity contribution in [1.82, 2.24) is 4.57 Å². The molecule has 1 fully saturated rings. The highest BCUT2D eigenvalue weighted by Crippen LogP contribution is 2.43. The number of halogens is 1. The van der Waals surface area contributed by atoms with Gasteiger partial charge in [-0.05, 0) is 61.6 Å². The highest BCUT2D eigenvalue weighted by Gasteiger charge is 2.39. The standard InChI is InChI=1S/C26H32FN3O2.C2H5NO2/c1-26(2)13-21-23(22(31)14-26)17-9-6-10-20(17)30(21)16-11-18(27)24(25(28)32)19(12-16)29-15-7-4-3-5-8-15;3-1-2(4)5/h11-12,15,29H,3-10,13-14H2,1-2H3,(H2,28,32);1,3H2,(H,4,5). The maximum absolute atomic E-state index is 15.3. The minimum Gasteiger partial charge on any atom is -0.480 e. The predicted octanol–water partition coefficient (Wildman–Crippen LogP) is 4.13. The summed E-state index contributed by atoms with van der Waals surface area (Å²) in [5.41, 5.74) is 15.2. The number of anilines is 1. The summed E-state index contributed by atoms with van der Waals surface area (Å²) in [5, 5.41) is 11.0. The van der Waals surface area contributed by atoms with Crippen LogP contribution in [0, 0.1) is 11.2 Å². The molecule has 1 heterocycles. The minimum absolute atomic E-state index is 0.0756. The van der Waals surface area contributed by atoms with Crippen LogP contribution in [0.1, 0.15) is 96.5 Å². The molecule has 0 atom stereocenters. The molecular formula is C28H37FN4O4. The van der Waals surface area contributed by atoms with Crippen LogP contribution in [-0.4, -0.2) is 39.9 Å². The number of ketones is 1. The number of Topliss-reactive ketones (excluding diaryl/α,β-unsaturated/α-hetero) is 1. The summed E-state index contributed by atoms with van der Waals surface area (Å²) in [5.74, 6) is -2.14. The number of primary amides is 1. The Kier molecular flexibility index (Phi) is 7.73. The number of nitrogens with two attached hydrogens (primary N) is 2. The zero-order valence-corrected chi connectivity index (χ0v) is 21.7. The van der Waals surface area contributed by atoms with Gasteiger partial charge in [0.15, 0.2) is 5.78 Å². The average Bonchev–Trinajstić information content (AvgIpc) is 3.38. The Balaban J connectivity index is 0.000000586. The lowest BCUT2D eigenvalue weighted by Crippen LogP contribution is -2.28. The monoisotopic (exact) mass is 512 g/mol. The van der Waals surface area contributed by atoms with Gasteiger partial charge in [-0.1, -0.05) is 33.1 Å². The van der Waals surface area contributed by atoms with E-state index in [9.17, 15) is 14.4 Å². The number of carbonyl (C=O) groups excluding carboxylic acids is 2. The van der Waals surface area contributed by atoms with Gasteiger partial charge in [0.05, 0.1) is 23.5 Å². The zero-order valence-electron chi connectivity index (χ0n) is 21.7. The van der Waals surface area contributed by atoms with Crippen LogP contribution in [0.25, 0.3) is 5.69 Å². The molecule has 0 radical (unpaired) electrons. The van der Waals surface area contributed by atoms with Crippen LogP contribution >= 0.6 is 0 Å². The minimum atomic E-state index is -0.968. The van der Waals surface area contributed by atoms with Crippen molar-refractivity contribution in [3.05, 3.63) is 46.0 Å². The van der Waals surface area contributed by atoms with E-state index in [-0.39, 0.29) is 29.3 Å². The molecule has 1 aromatic carbocycles. The van der Waals surface area contributed by atoms with E-state index in [0.29, 0.717) is 17.8 Å². The van der Waals surface area contributed by atoms with Gasteiger partial charge in [0.2, 0.25) is 0 Å². The molecule has 37 heavy (non-hydrogen) atoms. The summed E-state index contributed by atoms with van der Waals surface area (Å²) in [7, 11) is 0. The number of nitrogens with zero attached hydrogens (tertiary/aromatic N) is 1. The number of rotatable bonds is 5. The number of aromatic nitrogens is 1. The first-order valence-electron chi connectivity index (χ1n) is 13.1. The molecule has 5 rings (SSSR count). The molecule has 1 aromatic heterocycles. The molecule has 9 heteroatoms. The van der Waals surface area contributed by atoms with Gasteiger partial charge in [-0.3, -0.25) is 14.4 Å². The van der Waals surface area contributed by atoms with E-state index in [2.05, 4.69) is 29.5 Å². The average molecular weight is 513 g/mol. The molecule has 0 aliphatic heterocycles. The smallest absolute Gasteiger partial charge is 0.317 e. The summed E-state index contributed by atoms with van der Waals surface area (Å²) >= 11 is 0. The van der Waals surface area contributed by atoms with Crippen molar-refractivity contribution < 1.29 is 23.9 Å². The predicted molar refractivity (Wildman–Crippen MR) is 140 cm³/mol. The van der Waals surface area contributed by atoms with Crippen LogP contribution in [-0.2, 0) is 24.1 Å². The van der Waals surface area contributed by atoms with Crippen molar-refractivity contribution in [3.8, 4) is 5.69 Å². The zero-order chi connectivity index (χ0) is 26.9. The highest BCUT2D eigenvalue weighted by atomic mass is 19.1. The van der Waals surface area contributed by atoms with Crippen LogP contribution in [0.3, 0.4) is 0 Å². The van der Waals surface area contributed by atoms with Crippen molar-refractivity contribution in [3.63, 3.8) is 0 Å². The third kappa shape index (κ3) is 5.56. The second-order valence-electron chi connectivity index (χ2n) is 11.2. The molecule has 8 nitrogen and oxygen atoms in total. The van der Waals surface area contributed by atoms with Gasteiger partial charge >= 0.3 is 5.97 Å². The maximum atomic E-state index is 15.3. The summed E-state index contributed by atoms with van der Waals surface area (Å²) in [4.78, 5) is 34.4. The van der Waals surface area contributed by atoms with E-state index in [4.69, 9.17) is 10.8 Å². The molecule has 2 aromatic rings. The molecule has 0 bridgehead atoms. The Morgan fingerprint density at radius 2 is 1.78 bits per heavy atom. The molecule has 0 unspecified atom stereocenters. The van der Waals surface area contributed by atoms with Gasteiger partial charge in [-0.2, -0.15) is 0 Å². The molecule has 1 saturated carbocycles. The highest BCUT2D eigenvalue weighted by molar-refractivity contribution is 6.01. The number of benzene rings is 1. The summed E-state index contributed by atoms with van der Waals surface area (Å²) in [6.45, 7) is 3.95. The van der Waals surface area contributed by atoms with Crippen molar-refractivity contribution in [2.24, 2.45) is 16.9 Å². The molecule has 0 spiro atoms. The summed E-state index contributed by atoms with van der Waals surface area (Å²) in [6.07, 6.45) is 9.55. The van der Waals surface area contributed by atoms with Crippen LogP contribution in [0.5, 0.6) is 0 Å². The first-order chi connectivity index (χ1) is 17.5. The van der Waals surface area contributed by atoms with E-state index in [1.54, 1.807) is 0 Å². The summed E-state index contributed by atoms with van der Waals surface area (Å²) < 4.78 is 17.4. The second kappa shape index (κ2) is 10.7. The van der Waals surface area contributed by atoms with Crippen LogP contribution in [0.15, 0.2) is 12.1 Å². The lowest BCUT2D eigenvalue weighted by molar-refractivity contribution is -0.135. The second-order valence-corrected chi connectivity index (χ2v) is 11.2. The van der Waals surface area contributed by atoms with E-state index >= 15 is 4.39 Å². The molecule has 3 aliphatic rings. The van der Waals surface area contributed by atoms with Crippen LogP contribution in [0.2, 0.25) is 0 Å². The topological polar surface area (TPSA) is 140 Å². The molecule has 1 amide bonds. The fourth-order valence-corrected chi connectivity index (χ4v) is 6.09. The number of amides is 1. The first kappa shape index (κ1) is 26.9. The number of hydrogen-bond acceptors (Lipinski definition) is 5. The SMILES string of the molecule is CC1(C)CC(=O)c2c3c(n(-c4cc(F)c(C(N)=O)c(NC5CCCCC5)c4)c2C1)CCC3.NCC(=O)O. The Labute approximate surface area is 216 Å². The third-order valence-electron chi connectivity index (χ3n) is 7.60. The fourth-order valence-electron chi connectivity index (χ4n) is 6.09. The number of fused-ring (bicyclic) bond motifs is 3. The van der Waals surface area contributed by atoms with Gasteiger partial charge in [0.25, 0.3) is 5.91 Å². The number of carboxylic acid groups (broad SMARTS) is 1. The first-order valence-corrected chi connectivity index (χ1v) is 13.1. The number of aliphatic carboxylic acids is 1. The summed E-state index contributed by atoms with van der Waals surface area (Å²) in [6, 6.07) is 3.49. The Morgan fingerprint density at radius 3 is 2.41 bits per heavy atom. The molecule has 200 valence electrons. The van der Waals surface area contributed by atoms with Crippen molar-refractivity contribution in [2.75, 3.05) is 11.9 Å². The van der Waals surface area contributed by atoms with Gasteiger partial charge in [-0.25, -0.2) is 4.39 Å². The van der Waals surface area contributed by atoms with Crippen LogP contribution in [0.4, 0.5) is 10.1 Å². The number of hydrogen-bond donors (Lipinski definition) is 4. The van der Waals surface area contributed by atoms with Crippen molar-refractivity contribution >= 4 is 23.3 Å². The lowest BCUT2D eigenvalue weighted by atomic mass is 9.75. The van der Waals surface area contributed by atoms with Gasteiger partial charge in [0, 0.05) is 29.4 Å². The van der Waals surface area contributed by atoms with Crippen molar-refractivity contribution in [1.29, 1.82) is 0 Å². The van der Waals surface area contributed by atoms with Gasteiger partial charge in [-0.15, -0.1) is 0 Å². The number of carboxylic acids is 1. The fraction of sp³-hybridized carbons (Fsp3) is 0.536. The van der Waals surface area contributed by atoms with Gasteiger partial charge in [0.1, 0.15) is 5.82 Å². The van der Waals surface area contributed by atoms with Crippen molar-refractivity contribution in [2.45, 2.75) is 84.1 Å². The molecule has 3 aliphatic carbocycles. The molecule has 0 saturated heterocycles. The van der Waals surface area contributed by atoms with Gasteiger partial charge < -0.3 is 26.5 Å². The maximum Gasteiger partial charge on any atom is 0.317 e. The molecular weight excluding hydrogens is 475 g/mol. The van der Waals surface area contributed by atoms with E-state index in [1.165, 1.54) is 12.5 Å². The third-order valence-corrected chi connectivity index (χ3v) is 7.60. The Hall–Kier alpha value is -3.20. The Bertz CT molecular complexity index is 1230. The van der Waals surface area contributed by atoms with Crippen LogP contribution < -0.4 is 16.8 Å². The normalized spacial score (nSPS) is 18.4.